The molecule has 3 heterocycles. The highest BCUT2D eigenvalue weighted by Crippen LogP contribution is 2.24. The van der Waals surface area contributed by atoms with Crippen molar-refractivity contribution in [2.45, 2.75) is 26.8 Å². The van der Waals surface area contributed by atoms with Crippen molar-refractivity contribution in [2.75, 3.05) is 19.6 Å². The highest BCUT2D eigenvalue weighted by molar-refractivity contribution is 7.12. The molecule has 2 aromatic heterocycles. The van der Waals surface area contributed by atoms with Gasteiger partial charge in [-0.25, -0.2) is 4.98 Å². The minimum atomic E-state index is 0.125. The molecule has 112 valence electrons. The lowest BCUT2D eigenvalue weighted by Gasteiger charge is -2.34. The molecular weight excluding hydrogens is 284 g/mol. The number of rotatable bonds is 2. The molecule has 1 saturated heterocycles. The first-order valence-electron chi connectivity index (χ1n) is 7.20. The molecule has 1 N–H and O–H groups in total. The number of nitrogens with zero attached hydrogens (tertiary/aromatic N) is 3. The second-order valence-corrected chi connectivity index (χ2v) is 6.36. The number of amides is 1. The standard InChI is InChI=1S/C15H20N4OS/c1-10-8-13(12(3)19(10)15-17-5-7-21-15)14(20)18-6-4-16-9-11(18)2/h5,7-8,11,16H,4,6,9H2,1-3H3/t11-/m0/s1. The van der Waals surface area contributed by atoms with Crippen LogP contribution < -0.4 is 5.32 Å². The number of piperazine rings is 1. The summed E-state index contributed by atoms with van der Waals surface area (Å²) in [6.07, 6.45) is 1.79. The molecule has 1 aliphatic heterocycles. The van der Waals surface area contributed by atoms with E-state index in [0.29, 0.717) is 0 Å². The third-order valence-electron chi connectivity index (χ3n) is 4.03. The van der Waals surface area contributed by atoms with Crippen molar-refractivity contribution in [3.8, 4) is 5.13 Å². The van der Waals surface area contributed by atoms with Crippen molar-refractivity contribution in [3.05, 3.63) is 34.6 Å². The lowest BCUT2D eigenvalue weighted by molar-refractivity contribution is 0.0655. The largest absolute Gasteiger partial charge is 0.333 e. The number of hydrogen-bond acceptors (Lipinski definition) is 4. The van der Waals surface area contributed by atoms with Crippen LogP contribution in [0.15, 0.2) is 17.6 Å². The molecule has 0 aliphatic carbocycles. The number of carbonyl (C=O) groups is 1. The molecule has 0 aromatic carbocycles. The SMILES string of the molecule is Cc1cc(C(=O)N2CCNC[C@@H]2C)c(C)n1-c1nccs1. The monoisotopic (exact) mass is 304 g/mol. The zero-order chi connectivity index (χ0) is 15.0. The van der Waals surface area contributed by atoms with Gasteiger partial charge in [0.15, 0.2) is 5.13 Å². The number of aryl methyl sites for hydroxylation is 1. The van der Waals surface area contributed by atoms with Gasteiger partial charge in [-0.1, -0.05) is 0 Å². The van der Waals surface area contributed by atoms with Crippen LogP contribution in [0.3, 0.4) is 0 Å². The molecule has 0 bridgehead atoms. The van der Waals surface area contributed by atoms with Crippen LogP contribution in [0.4, 0.5) is 0 Å². The maximum absolute atomic E-state index is 12.8. The fourth-order valence-electron chi connectivity index (χ4n) is 2.90. The quantitative estimate of drug-likeness (QED) is 0.923. The Morgan fingerprint density at radius 1 is 1.48 bits per heavy atom. The van der Waals surface area contributed by atoms with E-state index in [2.05, 4.69) is 21.8 Å². The molecule has 1 aliphatic rings. The zero-order valence-electron chi connectivity index (χ0n) is 12.6. The van der Waals surface area contributed by atoms with Gasteiger partial charge < -0.3 is 10.2 Å². The molecule has 0 saturated carbocycles. The van der Waals surface area contributed by atoms with E-state index in [-0.39, 0.29) is 11.9 Å². The number of aromatic nitrogens is 2. The number of hydrogen-bond donors (Lipinski definition) is 1. The smallest absolute Gasteiger partial charge is 0.256 e. The first-order chi connectivity index (χ1) is 10.1. The first-order valence-corrected chi connectivity index (χ1v) is 8.08. The van der Waals surface area contributed by atoms with Crippen molar-refractivity contribution < 1.29 is 4.79 Å². The molecule has 1 amide bonds. The van der Waals surface area contributed by atoms with E-state index in [1.54, 1.807) is 17.5 Å². The highest BCUT2D eigenvalue weighted by atomic mass is 32.1. The summed E-state index contributed by atoms with van der Waals surface area (Å²) in [6.45, 7) is 8.59. The Morgan fingerprint density at radius 3 is 2.95 bits per heavy atom. The lowest BCUT2D eigenvalue weighted by Crippen LogP contribution is -2.52. The number of thiazole rings is 1. The Balaban J connectivity index is 1.96. The van der Waals surface area contributed by atoms with Gasteiger partial charge in [-0.05, 0) is 26.8 Å². The van der Waals surface area contributed by atoms with Crippen LogP contribution in [-0.2, 0) is 0 Å². The second kappa shape index (κ2) is 5.61. The Hall–Kier alpha value is -1.66. The van der Waals surface area contributed by atoms with Crippen LogP contribution in [-0.4, -0.2) is 46.0 Å². The summed E-state index contributed by atoms with van der Waals surface area (Å²) < 4.78 is 2.06. The van der Waals surface area contributed by atoms with E-state index in [4.69, 9.17) is 0 Å². The van der Waals surface area contributed by atoms with Crippen LogP contribution in [0.5, 0.6) is 0 Å². The predicted molar refractivity (Wildman–Crippen MR) is 84.3 cm³/mol. The van der Waals surface area contributed by atoms with E-state index < -0.39 is 0 Å². The fraction of sp³-hybridized carbons (Fsp3) is 0.467. The van der Waals surface area contributed by atoms with Crippen LogP contribution in [0, 0.1) is 13.8 Å². The zero-order valence-corrected chi connectivity index (χ0v) is 13.4. The summed E-state index contributed by atoms with van der Waals surface area (Å²) in [5.74, 6) is 0.125. The van der Waals surface area contributed by atoms with Gasteiger partial charge in [0, 0.05) is 48.6 Å². The topological polar surface area (TPSA) is 50.2 Å². The second-order valence-electron chi connectivity index (χ2n) is 5.49. The molecule has 3 rings (SSSR count). The summed E-state index contributed by atoms with van der Waals surface area (Å²) in [7, 11) is 0. The molecule has 2 aromatic rings. The maximum Gasteiger partial charge on any atom is 0.256 e. The van der Waals surface area contributed by atoms with Gasteiger partial charge in [-0.3, -0.25) is 9.36 Å². The van der Waals surface area contributed by atoms with Crippen LogP contribution in [0.25, 0.3) is 5.13 Å². The van der Waals surface area contributed by atoms with Crippen molar-refractivity contribution in [2.24, 2.45) is 0 Å². The van der Waals surface area contributed by atoms with E-state index in [0.717, 1.165) is 41.7 Å². The average molecular weight is 304 g/mol. The predicted octanol–water partition coefficient (Wildman–Crippen LogP) is 1.98. The van der Waals surface area contributed by atoms with Gasteiger partial charge in [0.1, 0.15) is 0 Å². The van der Waals surface area contributed by atoms with Crippen molar-refractivity contribution >= 4 is 17.2 Å². The van der Waals surface area contributed by atoms with Crippen molar-refractivity contribution in [1.82, 2.24) is 19.8 Å². The molecule has 1 atom stereocenters. The van der Waals surface area contributed by atoms with Gasteiger partial charge in [0.2, 0.25) is 0 Å². The summed E-state index contributed by atoms with van der Waals surface area (Å²) in [5, 5.41) is 6.18. The first kappa shape index (κ1) is 14.3. The van der Waals surface area contributed by atoms with Crippen LogP contribution >= 0.6 is 11.3 Å². The minimum Gasteiger partial charge on any atom is -0.333 e. The molecule has 0 unspecified atom stereocenters. The van der Waals surface area contributed by atoms with Gasteiger partial charge in [-0.2, -0.15) is 0 Å². The fourth-order valence-corrected chi connectivity index (χ4v) is 3.65. The minimum absolute atomic E-state index is 0.125. The van der Waals surface area contributed by atoms with E-state index >= 15 is 0 Å². The third kappa shape index (κ3) is 2.49. The molecular formula is C15H20N4OS. The Labute approximate surface area is 128 Å². The maximum atomic E-state index is 12.8. The average Bonchev–Trinajstić information content (AvgIpc) is 3.07. The van der Waals surface area contributed by atoms with Crippen molar-refractivity contribution in [1.29, 1.82) is 0 Å². The Kier molecular flexibility index (Phi) is 3.82. The number of carbonyl (C=O) groups excluding carboxylic acids is 1. The third-order valence-corrected chi connectivity index (χ3v) is 4.79. The number of nitrogens with one attached hydrogen (secondary N) is 1. The summed E-state index contributed by atoms with van der Waals surface area (Å²) >= 11 is 1.58. The Bertz CT molecular complexity index is 647. The van der Waals surface area contributed by atoms with Gasteiger partial charge in [0.05, 0.1) is 5.56 Å². The molecule has 0 spiro atoms. The highest BCUT2D eigenvalue weighted by Gasteiger charge is 2.27. The molecule has 1 fully saturated rings. The van der Waals surface area contributed by atoms with E-state index in [1.165, 1.54) is 0 Å². The normalized spacial score (nSPS) is 19.0. The summed E-state index contributed by atoms with van der Waals surface area (Å²) in [5.41, 5.74) is 2.81. The van der Waals surface area contributed by atoms with Gasteiger partial charge >= 0.3 is 0 Å². The van der Waals surface area contributed by atoms with Crippen molar-refractivity contribution in [3.63, 3.8) is 0 Å². The summed E-state index contributed by atoms with van der Waals surface area (Å²) in [6, 6.07) is 2.21. The summed E-state index contributed by atoms with van der Waals surface area (Å²) in [4.78, 5) is 19.2. The van der Waals surface area contributed by atoms with E-state index in [9.17, 15) is 4.79 Å². The van der Waals surface area contributed by atoms with Gasteiger partial charge in [0.25, 0.3) is 5.91 Å². The van der Waals surface area contributed by atoms with E-state index in [1.807, 2.05) is 30.2 Å². The van der Waals surface area contributed by atoms with Crippen LogP contribution in [0.1, 0.15) is 28.7 Å². The van der Waals surface area contributed by atoms with Gasteiger partial charge in [-0.15, -0.1) is 11.3 Å². The molecule has 21 heavy (non-hydrogen) atoms. The Morgan fingerprint density at radius 2 is 2.29 bits per heavy atom. The lowest BCUT2D eigenvalue weighted by atomic mass is 10.1. The molecule has 0 radical (unpaired) electrons. The van der Waals surface area contributed by atoms with Crippen LogP contribution in [0.2, 0.25) is 0 Å². The molecule has 6 heteroatoms. The molecule has 5 nitrogen and oxygen atoms in total.